The molecule has 0 unspecified atom stereocenters. The van der Waals surface area contributed by atoms with E-state index in [0.717, 1.165) is 38.6 Å². The molecule has 10 aromatic carbocycles. The van der Waals surface area contributed by atoms with Crippen molar-refractivity contribution in [3.63, 3.8) is 0 Å². The topological polar surface area (TPSA) is 38.7 Å². The lowest BCUT2D eigenvalue weighted by atomic mass is 9.84. The molecule has 0 aliphatic carbocycles. The van der Waals surface area contributed by atoms with E-state index in [1.54, 1.807) is 0 Å². The maximum atomic E-state index is 5.29. The molecule has 0 spiro atoms. The molecular weight excluding hydrogens is 727 g/mol. The Labute approximate surface area is 349 Å². The average Bonchev–Trinajstić information content (AvgIpc) is 3.34. The van der Waals surface area contributed by atoms with Crippen LogP contribution in [0.25, 0.3) is 111 Å². The van der Waals surface area contributed by atoms with Crippen LogP contribution in [0.2, 0.25) is 0 Å². The van der Waals surface area contributed by atoms with Crippen molar-refractivity contribution in [1.29, 1.82) is 0 Å². The van der Waals surface area contributed by atoms with Crippen molar-refractivity contribution in [2.75, 3.05) is 0 Å². The highest BCUT2D eigenvalue weighted by Crippen LogP contribution is 2.46. The zero-order chi connectivity index (χ0) is 39.8. The van der Waals surface area contributed by atoms with Gasteiger partial charge in [-0.25, -0.2) is 15.0 Å². The van der Waals surface area contributed by atoms with E-state index in [0.29, 0.717) is 17.5 Å². The van der Waals surface area contributed by atoms with Gasteiger partial charge < -0.3 is 0 Å². The molecule has 11 aromatic rings. The Morgan fingerprint density at radius 1 is 0.183 bits per heavy atom. The Kier molecular flexibility index (Phi) is 8.83. The first-order valence-corrected chi connectivity index (χ1v) is 20.4. The molecule has 0 aliphatic heterocycles. The molecule has 0 bridgehead atoms. The summed E-state index contributed by atoms with van der Waals surface area (Å²) in [6.45, 7) is 0. The smallest absolute Gasteiger partial charge is 0.164 e. The van der Waals surface area contributed by atoms with Gasteiger partial charge >= 0.3 is 0 Å². The number of rotatable bonds is 7. The normalized spacial score (nSPS) is 11.3. The van der Waals surface area contributed by atoms with Crippen LogP contribution in [-0.2, 0) is 0 Å². The van der Waals surface area contributed by atoms with Crippen LogP contribution in [-0.4, -0.2) is 15.0 Å². The maximum Gasteiger partial charge on any atom is 0.164 e. The summed E-state index contributed by atoms with van der Waals surface area (Å²) in [4.78, 5) is 15.6. The first-order valence-electron chi connectivity index (χ1n) is 20.4. The fourth-order valence-corrected chi connectivity index (χ4v) is 8.78. The van der Waals surface area contributed by atoms with Crippen LogP contribution in [0, 0.1) is 0 Å². The molecule has 0 amide bonds. The zero-order valence-corrected chi connectivity index (χ0v) is 32.7. The third-order valence-corrected chi connectivity index (χ3v) is 11.6. The van der Waals surface area contributed by atoms with Crippen LogP contribution in [0.15, 0.2) is 224 Å². The largest absolute Gasteiger partial charge is 0.208 e. The number of benzene rings is 10. The summed E-state index contributed by atoms with van der Waals surface area (Å²) in [5, 5.41) is 7.08. The van der Waals surface area contributed by atoms with E-state index >= 15 is 0 Å². The van der Waals surface area contributed by atoms with Gasteiger partial charge in [0.25, 0.3) is 0 Å². The summed E-state index contributed by atoms with van der Waals surface area (Å²) >= 11 is 0. The van der Waals surface area contributed by atoms with Crippen LogP contribution < -0.4 is 0 Å². The van der Waals surface area contributed by atoms with Crippen LogP contribution in [0.5, 0.6) is 0 Å². The average molecular weight is 764 g/mol. The van der Waals surface area contributed by atoms with Gasteiger partial charge in [-0.05, 0) is 82.9 Å². The Morgan fingerprint density at radius 3 is 1.13 bits per heavy atom. The lowest BCUT2D eigenvalue weighted by molar-refractivity contribution is 1.08. The third-order valence-electron chi connectivity index (χ3n) is 11.6. The van der Waals surface area contributed by atoms with E-state index in [1.807, 2.05) is 24.3 Å². The fraction of sp³-hybridized carbons (Fsp3) is 0. The van der Waals surface area contributed by atoms with E-state index in [1.165, 1.54) is 54.9 Å². The second kappa shape index (κ2) is 15.1. The van der Waals surface area contributed by atoms with Crippen molar-refractivity contribution in [2.24, 2.45) is 0 Å². The van der Waals surface area contributed by atoms with Gasteiger partial charge in [0.2, 0.25) is 0 Å². The van der Waals surface area contributed by atoms with Crippen LogP contribution >= 0.6 is 0 Å². The summed E-state index contributed by atoms with van der Waals surface area (Å²) in [7, 11) is 0. The molecule has 0 saturated carbocycles. The van der Waals surface area contributed by atoms with Crippen molar-refractivity contribution >= 4 is 32.3 Å². The molecule has 3 heteroatoms. The Hall–Kier alpha value is -8.01. The van der Waals surface area contributed by atoms with Gasteiger partial charge in [-0.1, -0.05) is 218 Å². The summed E-state index contributed by atoms with van der Waals surface area (Å²) in [6, 6.07) is 79.5. The number of hydrogen-bond donors (Lipinski definition) is 0. The van der Waals surface area contributed by atoms with Gasteiger partial charge in [0.1, 0.15) is 0 Å². The van der Waals surface area contributed by atoms with Crippen molar-refractivity contribution in [3.8, 4) is 78.7 Å². The van der Waals surface area contributed by atoms with Gasteiger partial charge in [-0.2, -0.15) is 0 Å². The summed E-state index contributed by atoms with van der Waals surface area (Å²) in [5.41, 5.74) is 12.3. The van der Waals surface area contributed by atoms with E-state index in [2.05, 4.69) is 200 Å². The minimum Gasteiger partial charge on any atom is -0.208 e. The fourth-order valence-electron chi connectivity index (χ4n) is 8.78. The first-order chi connectivity index (χ1) is 29.8. The van der Waals surface area contributed by atoms with Crippen LogP contribution in [0.3, 0.4) is 0 Å². The lowest BCUT2D eigenvalue weighted by Crippen LogP contribution is -2.01. The monoisotopic (exact) mass is 763 g/mol. The molecule has 1 heterocycles. The standard InChI is InChI=1S/C57H37N3/c1-4-18-38(19-5-1)39-32-34-41(35-33-39)53-46-27-13-15-29-48(46)54(49-30-16-14-28-47(49)53)50-36-37-52(45-26-12-11-25-44(45)50)57-59-55(42-22-8-3-9-23-42)58-56(60-57)51-31-17-10-24-43(51)40-20-6-2-7-21-40/h1-37H. The summed E-state index contributed by atoms with van der Waals surface area (Å²) in [6.07, 6.45) is 0. The quantitative estimate of drug-likeness (QED) is 0.152. The number of fused-ring (bicyclic) bond motifs is 3. The van der Waals surface area contributed by atoms with Gasteiger partial charge in [0.15, 0.2) is 17.5 Å². The summed E-state index contributed by atoms with van der Waals surface area (Å²) < 4.78 is 0. The van der Waals surface area contributed by atoms with E-state index in [4.69, 9.17) is 15.0 Å². The molecule has 0 saturated heterocycles. The molecular formula is C57H37N3. The highest BCUT2D eigenvalue weighted by atomic mass is 15.0. The third kappa shape index (κ3) is 6.21. The zero-order valence-electron chi connectivity index (χ0n) is 32.7. The Morgan fingerprint density at radius 2 is 0.550 bits per heavy atom. The van der Waals surface area contributed by atoms with E-state index in [-0.39, 0.29) is 0 Å². The molecule has 0 N–H and O–H groups in total. The van der Waals surface area contributed by atoms with Crippen LogP contribution in [0.1, 0.15) is 0 Å². The Balaban J connectivity index is 1.12. The first kappa shape index (κ1) is 35.2. The van der Waals surface area contributed by atoms with E-state index < -0.39 is 0 Å². The molecule has 0 fully saturated rings. The van der Waals surface area contributed by atoms with Gasteiger partial charge in [-0.3, -0.25) is 0 Å². The SMILES string of the molecule is c1ccc(-c2ccc(-c3c4ccccc4c(-c4ccc(-c5nc(-c6ccccc6)nc(-c6ccccc6-c6ccccc6)n5)c5ccccc45)c4ccccc34)cc2)cc1. The highest BCUT2D eigenvalue weighted by Gasteiger charge is 2.21. The second-order valence-corrected chi connectivity index (χ2v) is 15.1. The number of nitrogens with zero attached hydrogens (tertiary/aromatic N) is 3. The van der Waals surface area contributed by atoms with E-state index in [9.17, 15) is 0 Å². The van der Waals surface area contributed by atoms with Gasteiger partial charge in [-0.15, -0.1) is 0 Å². The van der Waals surface area contributed by atoms with Crippen molar-refractivity contribution in [1.82, 2.24) is 15.0 Å². The predicted octanol–water partition coefficient (Wildman–Crippen LogP) is 15.0. The van der Waals surface area contributed by atoms with Crippen molar-refractivity contribution < 1.29 is 0 Å². The van der Waals surface area contributed by atoms with Gasteiger partial charge in [0.05, 0.1) is 0 Å². The maximum absolute atomic E-state index is 5.29. The molecule has 280 valence electrons. The molecule has 11 rings (SSSR count). The molecule has 0 radical (unpaired) electrons. The number of hydrogen-bond acceptors (Lipinski definition) is 3. The molecule has 3 nitrogen and oxygen atoms in total. The molecule has 0 aliphatic rings. The summed E-state index contributed by atoms with van der Waals surface area (Å²) in [5.74, 6) is 1.90. The lowest BCUT2D eigenvalue weighted by Gasteiger charge is -2.20. The molecule has 1 aromatic heterocycles. The molecule has 0 atom stereocenters. The minimum absolute atomic E-state index is 0.633. The van der Waals surface area contributed by atoms with Crippen molar-refractivity contribution in [2.45, 2.75) is 0 Å². The second-order valence-electron chi connectivity index (χ2n) is 15.1. The van der Waals surface area contributed by atoms with Gasteiger partial charge in [0, 0.05) is 16.7 Å². The Bertz CT molecular complexity index is 3280. The highest BCUT2D eigenvalue weighted by molar-refractivity contribution is 6.24. The number of aromatic nitrogens is 3. The van der Waals surface area contributed by atoms with Crippen LogP contribution in [0.4, 0.5) is 0 Å². The van der Waals surface area contributed by atoms with Crippen molar-refractivity contribution in [3.05, 3.63) is 224 Å². The minimum atomic E-state index is 0.633. The predicted molar refractivity (Wildman–Crippen MR) is 250 cm³/mol. The molecule has 60 heavy (non-hydrogen) atoms.